The highest BCUT2D eigenvalue weighted by Gasteiger charge is 2.40. The molecule has 2 atom stereocenters. The fourth-order valence-corrected chi connectivity index (χ4v) is 3.43. The second kappa shape index (κ2) is 3.78. The summed E-state index contributed by atoms with van der Waals surface area (Å²) in [6, 6.07) is 0.604. The molecule has 3 heteroatoms. The third-order valence-electron chi connectivity index (χ3n) is 4.41. The fraction of sp³-hybridized carbons (Fsp3) is 0.917. The van der Waals surface area contributed by atoms with Crippen LogP contribution in [-0.2, 0) is 4.79 Å². The van der Waals surface area contributed by atoms with Gasteiger partial charge in [0, 0.05) is 25.7 Å². The lowest BCUT2D eigenvalue weighted by molar-refractivity contribution is -0.141. The smallest absolute Gasteiger partial charge is 0.228 e. The molecule has 0 aromatic heterocycles. The van der Waals surface area contributed by atoms with Crippen LogP contribution in [0.5, 0.6) is 0 Å². The number of hydrogen-bond acceptors (Lipinski definition) is 2. The van der Waals surface area contributed by atoms with Crippen molar-refractivity contribution in [2.24, 2.45) is 11.8 Å². The van der Waals surface area contributed by atoms with Gasteiger partial charge in [0.25, 0.3) is 0 Å². The minimum Gasteiger partial charge on any atom is -0.339 e. The highest BCUT2D eigenvalue weighted by Crippen LogP contribution is 2.37. The molecule has 1 amide bonds. The van der Waals surface area contributed by atoms with Gasteiger partial charge in [0.1, 0.15) is 0 Å². The van der Waals surface area contributed by atoms with Crippen molar-refractivity contribution in [3.63, 3.8) is 0 Å². The molecule has 0 spiro atoms. The summed E-state index contributed by atoms with van der Waals surface area (Å²) in [5.74, 6) is 1.56. The third kappa shape index (κ3) is 1.57. The zero-order chi connectivity index (χ0) is 10.3. The molecular weight excluding hydrogens is 188 g/mol. The van der Waals surface area contributed by atoms with Gasteiger partial charge in [-0.1, -0.05) is 6.42 Å². The summed E-state index contributed by atoms with van der Waals surface area (Å²) >= 11 is 0. The summed E-state index contributed by atoms with van der Waals surface area (Å²) in [4.78, 5) is 14.4. The Labute approximate surface area is 91.2 Å². The van der Waals surface area contributed by atoms with Crippen molar-refractivity contribution >= 4 is 5.91 Å². The van der Waals surface area contributed by atoms with E-state index in [4.69, 9.17) is 0 Å². The van der Waals surface area contributed by atoms with Crippen LogP contribution in [-0.4, -0.2) is 36.5 Å². The number of hydrogen-bond donors (Lipinski definition) is 1. The number of nitrogens with zero attached hydrogens (tertiary/aromatic N) is 1. The average Bonchev–Trinajstić information content (AvgIpc) is 2.61. The second-order valence-corrected chi connectivity index (χ2v) is 5.29. The molecule has 15 heavy (non-hydrogen) atoms. The van der Waals surface area contributed by atoms with Gasteiger partial charge < -0.3 is 10.2 Å². The molecule has 1 aliphatic carbocycles. The minimum absolute atomic E-state index is 0.296. The third-order valence-corrected chi connectivity index (χ3v) is 4.41. The van der Waals surface area contributed by atoms with Crippen LogP contribution < -0.4 is 5.32 Å². The minimum atomic E-state index is 0.296. The van der Waals surface area contributed by atoms with Gasteiger partial charge in [0.15, 0.2) is 0 Å². The predicted molar refractivity (Wildman–Crippen MR) is 58.4 cm³/mol. The van der Waals surface area contributed by atoms with Crippen molar-refractivity contribution in [3.8, 4) is 0 Å². The zero-order valence-electron chi connectivity index (χ0n) is 9.24. The molecule has 1 saturated carbocycles. The molecule has 0 bridgehead atoms. The number of fused-ring (bicyclic) bond motifs is 1. The van der Waals surface area contributed by atoms with Gasteiger partial charge >= 0.3 is 0 Å². The summed E-state index contributed by atoms with van der Waals surface area (Å²) in [6.07, 6.45) is 6.54. The molecule has 2 aliphatic heterocycles. The summed E-state index contributed by atoms with van der Waals surface area (Å²) in [5, 5.41) is 3.19. The van der Waals surface area contributed by atoms with Crippen LogP contribution in [0.15, 0.2) is 0 Å². The molecule has 0 aromatic carbocycles. The Kier molecular flexibility index (Phi) is 2.43. The number of nitrogens with one attached hydrogen (secondary N) is 1. The highest BCUT2D eigenvalue weighted by molar-refractivity contribution is 5.80. The summed E-state index contributed by atoms with van der Waals surface area (Å²) in [5.41, 5.74) is 0. The van der Waals surface area contributed by atoms with Gasteiger partial charge in [-0.05, 0) is 31.6 Å². The summed E-state index contributed by atoms with van der Waals surface area (Å²) in [7, 11) is 0. The Bertz CT molecular complexity index is 262. The number of amides is 1. The first kappa shape index (κ1) is 9.64. The predicted octanol–water partition coefficient (Wildman–Crippen LogP) is 0.997. The van der Waals surface area contributed by atoms with Gasteiger partial charge in [-0.2, -0.15) is 0 Å². The van der Waals surface area contributed by atoms with Crippen molar-refractivity contribution < 1.29 is 4.79 Å². The largest absolute Gasteiger partial charge is 0.339 e. The number of carbonyl (C=O) groups excluding carboxylic acids is 1. The van der Waals surface area contributed by atoms with E-state index in [2.05, 4.69) is 10.2 Å². The lowest BCUT2D eigenvalue weighted by Crippen LogP contribution is -2.56. The number of rotatable bonds is 1. The van der Waals surface area contributed by atoms with Crippen LogP contribution in [0.1, 0.15) is 32.1 Å². The van der Waals surface area contributed by atoms with Gasteiger partial charge in [0.05, 0.1) is 5.92 Å². The summed E-state index contributed by atoms with van der Waals surface area (Å²) < 4.78 is 0. The molecule has 3 nitrogen and oxygen atoms in total. The van der Waals surface area contributed by atoms with Gasteiger partial charge in [-0.3, -0.25) is 4.79 Å². The van der Waals surface area contributed by atoms with Crippen LogP contribution in [0.3, 0.4) is 0 Å². The monoisotopic (exact) mass is 208 g/mol. The van der Waals surface area contributed by atoms with Crippen LogP contribution in [0.25, 0.3) is 0 Å². The number of likely N-dealkylation sites (tertiary alicyclic amines) is 1. The molecule has 3 fully saturated rings. The first-order valence-corrected chi connectivity index (χ1v) is 6.37. The lowest BCUT2D eigenvalue weighted by Gasteiger charge is -2.41. The molecule has 0 aromatic rings. The van der Waals surface area contributed by atoms with Gasteiger partial charge in [-0.25, -0.2) is 0 Å². The first-order chi connectivity index (χ1) is 7.36. The standard InChI is InChI=1S/C12H20N2O/c15-12(10-7-13-8-10)14-6-2-4-9-3-1-5-11(9)14/h9-11,13H,1-8H2. The van der Waals surface area contributed by atoms with E-state index in [1.54, 1.807) is 0 Å². The topological polar surface area (TPSA) is 32.3 Å². The SMILES string of the molecule is O=C(C1CNC1)N1CCCC2CCCC21. The molecule has 2 unspecified atom stereocenters. The van der Waals surface area contributed by atoms with E-state index in [1.165, 1.54) is 32.1 Å². The van der Waals surface area contributed by atoms with Gasteiger partial charge in [-0.15, -0.1) is 0 Å². The average molecular weight is 208 g/mol. The van der Waals surface area contributed by atoms with E-state index in [0.717, 1.165) is 25.6 Å². The maximum Gasteiger partial charge on any atom is 0.228 e. The summed E-state index contributed by atoms with van der Waals surface area (Å²) in [6.45, 7) is 2.84. The van der Waals surface area contributed by atoms with E-state index < -0.39 is 0 Å². The maximum atomic E-state index is 12.2. The molecule has 2 saturated heterocycles. The lowest BCUT2D eigenvalue weighted by atomic mass is 9.90. The Morgan fingerprint density at radius 3 is 2.67 bits per heavy atom. The molecule has 0 radical (unpaired) electrons. The van der Waals surface area contributed by atoms with E-state index in [9.17, 15) is 4.79 Å². The zero-order valence-corrected chi connectivity index (χ0v) is 9.24. The Hall–Kier alpha value is -0.570. The van der Waals surface area contributed by atoms with Crippen molar-refractivity contribution in [3.05, 3.63) is 0 Å². The molecule has 3 aliphatic rings. The Morgan fingerprint density at radius 1 is 1.13 bits per heavy atom. The van der Waals surface area contributed by atoms with Crippen molar-refractivity contribution in [1.82, 2.24) is 10.2 Å². The second-order valence-electron chi connectivity index (χ2n) is 5.29. The number of piperidine rings is 1. The van der Waals surface area contributed by atoms with E-state index in [1.807, 2.05) is 0 Å². The molecule has 2 heterocycles. The molecule has 1 N–H and O–H groups in total. The fourth-order valence-electron chi connectivity index (χ4n) is 3.43. The van der Waals surface area contributed by atoms with Crippen LogP contribution in [0.4, 0.5) is 0 Å². The normalized spacial score (nSPS) is 36.1. The van der Waals surface area contributed by atoms with Crippen LogP contribution in [0, 0.1) is 11.8 Å². The Morgan fingerprint density at radius 2 is 1.93 bits per heavy atom. The van der Waals surface area contributed by atoms with E-state index >= 15 is 0 Å². The molecule has 3 rings (SSSR count). The Balaban J connectivity index is 1.70. The van der Waals surface area contributed by atoms with Crippen molar-refractivity contribution in [2.45, 2.75) is 38.1 Å². The van der Waals surface area contributed by atoms with Crippen molar-refractivity contribution in [1.29, 1.82) is 0 Å². The number of carbonyl (C=O) groups is 1. The van der Waals surface area contributed by atoms with Crippen LogP contribution in [0.2, 0.25) is 0 Å². The quantitative estimate of drug-likeness (QED) is 0.697. The van der Waals surface area contributed by atoms with E-state index in [-0.39, 0.29) is 0 Å². The first-order valence-electron chi connectivity index (χ1n) is 6.37. The van der Waals surface area contributed by atoms with Gasteiger partial charge in [0.2, 0.25) is 5.91 Å². The van der Waals surface area contributed by atoms with E-state index in [0.29, 0.717) is 17.9 Å². The van der Waals surface area contributed by atoms with Crippen molar-refractivity contribution in [2.75, 3.05) is 19.6 Å². The molecule has 84 valence electrons. The maximum absolute atomic E-state index is 12.2. The molecular formula is C12H20N2O. The highest BCUT2D eigenvalue weighted by atomic mass is 16.2. The van der Waals surface area contributed by atoms with Crippen LogP contribution >= 0.6 is 0 Å².